The van der Waals surface area contributed by atoms with Crippen molar-refractivity contribution in [2.45, 2.75) is 0 Å². The number of aliphatic hydroxyl groups is 2. The van der Waals surface area contributed by atoms with E-state index in [0.717, 1.165) is 0 Å². The van der Waals surface area contributed by atoms with Crippen molar-refractivity contribution in [2.24, 2.45) is 0 Å². The van der Waals surface area contributed by atoms with Gasteiger partial charge in [-0.05, 0) is 24.3 Å². The molecule has 10 nitrogen and oxygen atoms in total. The van der Waals surface area contributed by atoms with Crippen molar-refractivity contribution in [2.75, 3.05) is 63.1 Å². The van der Waals surface area contributed by atoms with E-state index in [9.17, 15) is 19.8 Å². The number of hydrogen-bond acceptors (Lipinski definition) is 10. The van der Waals surface area contributed by atoms with Crippen molar-refractivity contribution >= 4 is 64.7 Å². The van der Waals surface area contributed by atoms with Gasteiger partial charge in [-0.2, -0.15) is 0 Å². The molecule has 2 aromatic carbocycles. The summed E-state index contributed by atoms with van der Waals surface area (Å²) in [5.74, 6) is -1.86. The number of carbonyl (C=O) groups excluding carboxylic acids is 2. The molecule has 8 N–H and O–H groups in total. The molecule has 13 heteroatoms. The number of hydrogen-bond donors (Lipinski definition) is 8. The second kappa shape index (κ2) is 15.8. The molecule has 35 heavy (non-hydrogen) atoms. The van der Waals surface area contributed by atoms with Crippen LogP contribution in [0.15, 0.2) is 24.3 Å². The zero-order valence-corrected chi connectivity index (χ0v) is 22.1. The predicted molar refractivity (Wildman–Crippen MR) is 145 cm³/mol. The molecule has 0 heterocycles. The van der Waals surface area contributed by atoms with Crippen LogP contribution in [0.2, 0.25) is 0 Å². The summed E-state index contributed by atoms with van der Waals surface area (Å²) in [6.45, 7) is 2.81. The molecule has 1 aliphatic rings. The third-order valence-electron chi connectivity index (χ3n) is 5.09. The monoisotopic (exact) mass is 596 g/mol. The Hall–Kier alpha value is -2.12. The molecule has 0 bridgehead atoms. The molecule has 3 rings (SSSR count). The lowest BCUT2D eigenvalue weighted by Crippen LogP contribution is -2.28. The van der Waals surface area contributed by atoms with E-state index in [2.05, 4.69) is 21.3 Å². The minimum Gasteiger partial charge on any atom is -0.507 e. The van der Waals surface area contributed by atoms with E-state index < -0.39 is 11.6 Å². The number of phenolic OH excluding ortho intramolecular Hbond substituents is 2. The Morgan fingerprint density at radius 3 is 1.29 bits per heavy atom. The fraction of sp³-hybridized carbons (Fsp3) is 0.364. The first-order valence-corrected chi connectivity index (χ1v) is 10.4. The van der Waals surface area contributed by atoms with Gasteiger partial charge in [-0.25, -0.2) is 0 Å². The van der Waals surface area contributed by atoms with Gasteiger partial charge >= 0.3 is 0 Å². The zero-order chi connectivity index (χ0) is 23.1. The Balaban J connectivity index is 0.00000385. The van der Waals surface area contributed by atoms with Gasteiger partial charge in [0.05, 0.1) is 35.5 Å². The van der Waals surface area contributed by atoms with Crippen molar-refractivity contribution in [1.82, 2.24) is 10.6 Å². The number of halogens is 3. The van der Waals surface area contributed by atoms with Crippen molar-refractivity contribution in [1.29, 1.82) is 0 Å². The average Bonchev–Trinajstić information content (AvgIpc) is 2.78. The van der Waals surface area contributed by atoms with E-state index in [0.29, 0.717) is 50.6 Å². The summed E-state index contributed by atoms with van der Waals surface area (Å²) >= 11 is 0. The molecular weight excluding hydrogens is 567 g/mol. The third kappa shape index (κ3) is 7.43. The molecule has 0 saturated heterocycles. The van der Waals surface area contributed by atoms with E-state index in [-0.39, 0.29) is 88.8 Å². The number of nitrogens with one attached hydrogen (secondary N) is 4. The average molecular weight is 598 g/mol. The number of aromatic hydroxyl groups is 2. The smallest absolute Gasteiger partial charge is 0.200 e. The molecule has 0 radical (unpaired) electrons. The maximum absolute atomic E-state index is 13.4. The van der Waals surface area contributed by atoms with Crippen LogP contribution < -0.4 is 21.3 Å². The first-order valence-electron chi connectivity index (χ1n) is 10.4. The molecule has 196 valence electrons. The quantitative estimate of drug-likeness (QED) is 0.113. The Morgan fingerprint density at radius 2 is 0.943 bits per heavy atom. The number of benzene rings is 2. The minimum absolute atomic E-state index is 0. The van der Waals surface area contributed by atoms with E-state index in [1.54, 1.807) is 12.1 Å². The van der Waals surface area contributed by atoms with Crippen LogP contribution in [0.3, 0.4) is 0 Å². The predicted octanol–water partition coefficient (Wildman–Crippen LogP) is 1.28. The molecule has 0 spiro atoms. The molecule has 0 atom stereocenters. The highest BCUT2D eigenvalue weighted by Crippen LogP contribution is 2.42. The van der Waals surface area contributed by atoms with Gasteiger partial charge in [-0.3, -0.25) is 9.59 Å². The number of phenols is 2. The Kier molecular flexibility index (Phi) is 14.8. The summed E-state index contributed by atoms with van der Waals surface area (Å²) in [7, 11) is 0. The summed E-state index contributed by atoms with van der Waals surface area (Å²) in [6, 6.07) is 5.74. The van der Waals surface area contributed by atoms with Crippen LogP contribution >= 0.6 is 41.8 Å². The fourth-order valence-corrected chi connectivity index (χ4v) is 3.64. The lowest BCUT2D eigenvalue weighted by atomic mass is 9.81. The van der Waals surface area contributed by atoms with Gasteiger partial charge in [0.25, 0.3) is 0 Å². The van der Waals surface area contributed by atoms with Gasteiger partial charge in [-0.15, -0.1) is 41.8 Å². The number of ketones is 2. The van der Waals surface area contributed by atoms with Gasteiger partial charge in [0.1, 0.15) is 11.5 Å². The van der Waals surface area contributed by atoms with Gasteiger partial charge in [0, 0.05) is 50.6 Å². The topological polar surface area (TPSA) is 163 Å². The Morgan fingerprint density at radius 1 is 0.571 bits per heavy atom. The molecule has 0 saturated carbocycles. The van der Waals surface area contributed by atoms with Crippen LogP contribution in [0.25, 0.3) is 0 Å². The van der Waals surface area contributed by atoms with Crippen LogP contribution in [-0.4, -0.2) is 84.5 Å². The molecule has 1 aliphatic carbocycles. The maximum Gasteiger partial charge on any atom is 0.200 e. The van der Waals surface area contributed by atoms with Crippen molar-refractivity contribution in [3.63, 3.8) is 0 Å². The summed E-state index contributed by atoms with van der Waals surface area (Å²) in [4.78, 5) is 26.7. The second-order valence-corrected chi connectivity index (χ2v) is 7.22. The number of aliphatic hydroxyl groups excluding tert-OH is 2. The van der Waals surface area contributed by atoms with Gasteiger partial charge in [0.15, 0.2) is 0 Å². The summed E-state index contributed by atoms with van der Waals surface area (Å²) in [5, 5.41) is 50.6. The summed E-state index contributed by atoms with van der Waals surface area (Å²) in [6.07, 6.45) is 0. The van der Waals surface area contributed by atoms with Crippen LogP contribution in [0.4, 0.5) is 11.4 Å². The van der Waals surface area contributed by atoms with Crippen molar-refractivity contribution in [3.8, 4) is 11.5 Å². The minimum atomic E-state index is -0.559. The van der Waals surface area contributed by atoms with Crippen LogP contribution in [0, 0.1) is 0 Å². The number of rotatable bonds is 12. The lowest BCUT2D eigenvalue weighted by Gasteiger charge is -2.25. The normalized spacial score (nSPS) is 11.4. The first-order chi connectivity index (χ1) is 15.5. The molecule has 0 fully saturated rings. The van der Waals surface area contributed by atoms with Crippen LogP contribution in [0.5, 0.6) is 11.5 Å². The zero-order valence-electron chi connectivity index (χ0n) is 18.8. The lowest BCUT2D eigenvalue weighted by molar-refractivity contribution is 0.0975. The van der Waals surface area contributed by atoms with Gasteiger partial charge in [-0.1, -0.05) is 0 Å². The molecule has 0 amide bonds. The highest BCUT2D eigenvalue weighted by molar-refractivity contribution is 8.93. The SMILES string of the molecule is Br.Cl.Cl.O=C1c2c(O)ccc(O)c2C(=O)c2c(NCCNCCO)ccc(NCCNCCO)c21. The molecule has 0 unspecified atom stereocenters. The van der Waals surface area contributed by atoms with Crippen LogP contribution in [-0.2, 0) is 0 Å². The van der Waals surface area contributed by atoms with Gasteiger partial charge < -0.3 is 41.7 Å². The summed E-state index contributed by atoms with van der Waals surface area (Å²) < 4.78 is 0. The highest BCUT2D eigenvalue weighted by Gasteiger charge is 2.37. The van der Waals surface area contributed by atoms with E-state index in [1.807, 2.05) is 0 Å². The number of fused-ring (bicyclic) bond motifs is 2. The fourth-order valence-electron chi connectivity index (χ4n) is 3.64. The number of anilines is 2. The Bertz CT molecular complexity index is 934. The van der Waals surface area contributed by atoms with E-state index >= 15 is 0 Å². The molecular formula is C22H31BrCl2N4O6. The largest absolute Gasteiger partial charge is 0.507 e. The summed E-state index contributed by atoms with van der Waals surface area (Å²) in [5.41, 5.74) is 0.678. The number of carbonyl (C=O) groups is 2. The highest BCUT2D eigenvalue weighted by atomic mass is 79.9. The third-order valence-corrected chi connectivity index (χ3v) is 5.09. The first kappa shape index (κ1) is 32.9. The molecule has 2 aromatic rings. The second-order valence-electron chi connectivity index (χ2n) is 7.22. The maximum atomic E-state index is 13.4. The van der Waals surface area contributed by atoms with Crippen molar-refractivity contribution < 1.29 is 30.0 Å². The van der Waals surface area contributed by atoms with Gasteiger partial charge in [0.2, 0.25) is 11.6 Å². The van der Waals surface area contributed by atoms with Crippen molar-refractivity contribution in [3.05, 3.63) is 46.5 Å². The Labute approximate surface area is 226 Å². The standard InChI is InChI=1S/C22H28N4O6.BrH.2ClH/c27-11-9-23-5-7-25-13-1-2-14(26-8-6-24-10-12-28)18-17(13)21(31)19-15(29)3-4-16(30)20(19)22(18)32;;;/h1-4,23-30H,5-12H2;3*1H. The van der Waals surface area contributed by atoms with E-state index in [1.165, 1.54) is 12.1 Å². The molecule has 0 aromatic heterocycles. The molecule has 0 aliphatic heterocycles. The van der Waals surface area contributed by atoms with Crippen LogP contribution in [0.1, 0.15) is 31.8 Å². The van der Waals surface area contributed by atoms with E-state index in [4.69, 9.17) is 10.2 Å².